The van der Waals surface area contributed by atoms with E-state index in [1.165, 1.54) is 0 Å². The Morgan fingerprint density at radius 1 is 1.42 bits per heavy atom. The molecule has 0 aliphatic carbocycles. The van der Waals surface area contributed by atoms with Crippen LogP contribution in [0.4, 0.5) is 11.6 Å². The molecule has 1 aliphatic heterocycles. The summed E-state index contributed by atoms with van der Waals surface area (Å²) in [7, 11) is 1.85. The molecule has 1 atom stereocenters. The van der Waals surface area contributed by atoms with Crippen molar-refractivity contribution in [3.63, 3.8) is 0 Å². The first kappa shape index (κ1) is 11.9. The maximum absolute atomic E-state index is 5.24. The van der Waals surface area contributed by atoms with Gasteiger partial charge in [-0.2, -0.15) is 4.98 Å². The van der Waals surface area contributed by atoms with E-state index in [-0.39, 0.29) is 5.92 Å². The van der Waals surface area contributed by atoms with E-state index >= 15 is 0 Å². The Morgan fingerprint density at radius 2 is 2.32 bits per heavy atom. The molecule has 1 fully saturated rings. The first-order valence-corrected chi connectivity index (χ1v) is 6.31. The van der Waals surface area contributed by atoms with E-state index in [9.17, 15) is 0 Å². The van der Waals surface area contributed by atoms with Crippen molar-refractivity contribution in [3.05, 3.63) is 24.1 Å². The molecular formula is C12H16N6O. The molecule has 1 unspecified atom stereocenters. The standard InChI is InChI=1S/C12H16N6O/c1-8-16-12(19-17-8)9-3-4-18(6-9)11-5-10(13-2)14-7-15-11/h5,7,9H,3-4,6H2,1-2H3,(H,13,14,15). The molecule has 3 heterocycles. The zero-order chi connectivity index (χ0) is 13.2. The third-order valence-corrected chi connectivity index (χ3v) is 3.31. The molecule has 0 bridgehead atoms. The van der Waals surface area contributed by atoms with Gasteiger partial charge in [-0.25, -0.2) is 9.97 Å². The number of nitrogens with zero attached hydrogens (tertiary/aromatic N) is 5. The predicted molar refractivity (Wildman–Crippen MR) is 70.2 cm³/mol. The van der Waals surface area contributed by atoms with Gasteiger partial charge in [-0.1, -0.05) is 5.16 Å². The smallest absolute Gasteiger partial charge is 0.231 e. The minimum Gasteiger partial charge on any atom is -0.373 e. The van der Waals surface area contributed by atoms with Crippen molar-refractivity contribution in [2.24, 2.45) is 0 Å². The number of anilines is 2. The molecule has 0 amide bonds. The van der Waals surface area contributed by atoms with Crippen molar-refractivity contribution in [2.75, 3.05) is 30.4 Å². The highest BCUT2D eigenvalue weighted by Crippen LogP contribution is 2.29. The molecule has 0 spiro atoms. The average molecular weight is 260 g/mol. The molecule has 1 saturated heterocycles. The van der Waals surface area contributed by atoms with Gasteiger partial charge in [-0.3, -0.25) is 0 Å². The summed E-state index contributed by atoms with van der Waals surface area (Å²) in [4.78, 5) is 15.0. The number of nitrogens with one attached hydrogen (secondary N) is 1. The first-order valence-electron chi connectivity index (χ1n) is 6.31. The third kappa shape index (κ3) is 2.35. The Hall–Kier alpha value is -2.18. The highest BCUT2D eigenvalue weighted by Gasteiger charge is 2.28. The van der Waals surface area contributed by atoms with Crippen molar-refractivity contribution >= 4 is 11.6 Å². The van der Waals surface area contributed by atoms with Gasteiger partial charge in [0.15, 0.2) is 5.82 Å². The zero-order valence-electron chi connectivity index (χ0n) is 11.0. The molecule has 1 aliphatic rings. The Labute approximate surface area is 111 Å². The molecule has 1 N–H and O–H groups in total. The van der Waals surface area contributed by atoms with Gasteiger partial charge in [0, 0.05) is 26.2 Å². The zero-order valence-corrected chi connectivity index (χ0v) is 11.0. The van der Waals surface area contributed by atoms with Crippen LogP contribution >= 0.6 is 0 Å². The fourth-order valence-electron chi connectivity index (χ4n) is 2.31. The lowest BCUT2D eigenvalue weighted by Gasteiger charge is -2.16. The fourth-order valence-corrected chi connectivity index (χ4v) is 2.31. The second-order valence-electron chi connectivity index (χ2n) is 4.62. The SMILES string of the molecule is CNc1cc(N2CCC(c3nc(C)no3)C2)ncn1. The Balaban J connectivity index is 1.74. The van der Waals surface area contributed by atoms with E-state index in [1.807, 2.05) is 20.0 Å². The molecule has 7 nitrogen and oxygen atoms in total. The summed E-state index contributed by atoms with van der Waals surface area (Å²) in [5, 5.41) is 6.86. The minimum atomic E-state index is 0.286. The van der Waals surface area contributed by atoms with E-state index in [0.717, 1.165) is 37.0 Å². The molecule has 2 aromatic heterocycles. The van der Waals surface area contributed by atoms with Gasteiger partial charge in [0.1, 0.15) is 18.0 Å². The summed E-state index contributed by atoms with van der Waals surface area (Å²) in [5.41, 5.74) is 0. The topological polar surface area (TPSA) is 80.0 Å². The van der Waals surface area contributed by atoms with E-state index in [0.29, 0.717) is 5.82 Å². The third-order valence-electron chi connectivity index (χ3n) is 3.31. The lowest BCUT2D eigenvalue weighted by molar-refractivity contribution is 0.356. The van der Waals surface area contributed by atoms with Gasteiger partial charge in [-0.15, -0.1) is 0 Å². The molecule has 0 aromatic carbocycles. The van der Waals surface area contributed by atoms with E-state index < -0.39 is 0 Å². The van der Waals surface area contributed by atoms with Crippen molar-refractivity contribution in [2.45, 2.75) is 19.3 Å². The molecule has 2 aromatic rings. The lowest BCUT2D eigenvalue weighted by atomic mass is 10.1. The Morgan fingerprint density at radius 3 is 3.05 bits per heavy atom. The van der Waals surface area contributed by atoms with Crippen LogP contribution in [-0.4, -0.2) is 40.2 Å². The van der Waals surface area contributed by atoms with Crippen molar-refractivity contribution < 1.29 is 4.52 Å². The summed E-state index contributed by atoms with van der Waals surface area (Å²) in [6.45, 7) is 3.62. The molecule has 0 radical (unpaired) electrons. The molecule has 0 saturated carbocycles. The summed E-state index contributed by atoms with van der Waals surface area (Å²) < 4.78 is 5.24. The van der Waals surface area contributed by atoms with Crippen molar-refractivity contribution in [1.82, 2.24) is 20.1 Å². The maximum atomic E-state index is 5.24. The second-order valence-corrected chi connectivity index (χ2v) is 4.62. The van der Waals surface area contributed by atoms with Crippen LogP contribution in [0.1, 0.15) is 24.1 Å². The van der Waals surface area contributed by atoms with Crippen LogP contribution in [0.3, 0.4) is 0 Å². The van der Waals surface area contributed by atoms with Crippen molar-refractivity contribution in [1.29, 1.82) is 0 Å². The van der Waals surface area contributed by atoms with Crippen LogP contribution in [0.5, 0.6) is 0 Å². The van der Waals surface area contributed by atoms with Gasteiger partial charge >= 0.3 is 0 Å². The molecule has 3 rings (SSSR count). The Bertz CT molecular complexity index is 569. The van der Waals surface area contributed by atoms with Gasteiger partial charge in [0.25, 0.3) is 0 Å². The lowest BCUT2D eigenvalue weighted by Crippen LogP contribution is -2.20. The number of aromatic nitrogens is 4. The summed E-state index contributed by atoms with van der Waals surface area (Å²) in [6.07, 6.45) is 2.58. The van der Waals surface area contributed by atoms with Crippen LogP contribution in [0.2, 0.25) is 0 Å². The number of aryl methyl sites for hydroxylation is 1. The second kappa shape index (κ2) is 4.83. The molecular weight excluding hydrogens is 244 g/mol. The highest BCUT2D eigenvalue weighted by atomic mass is 16.5. The quantitative estimate of drug-likeness (QED) is 0.888. The van der Waals surface area contributed by atoms with E-state index in [4.69, 9.17) is 4.52 Å². The normalized spacial score (nSPS) is 18.8. The predicted octanol–water partition coefficient (Wildman–Crippen LogP) is 1.20. The van der Waals surface area contributed by atoms with Gasteiger partial charge in [-0.05, 0) is 13.3 Å². The molecule has 100 valence electrons. The minimum absolute atomic E-state index is 0.286. The van der Waals surface area contributed by atoms with Gasteiger partial charge in [0.2, 0.25) is 5.89 Å². The van der Waals surface area contributed by atoms with Crippen LogP contribution in [0.25, 0.3) is 0 Å². The van der Waals surface area contributed by atoms with Crippen LogP contribution in [0.15, 0.2) is 16.9 Å². The van der Waals surface area contributed by atoms with E-state index in [1.54, 1.807) is 6.33 Å². The molecule has 7 heteroatoms. The van der Waals surface area contributed by atoms with Crippen LogP contribution in [0, 0.1) is 6.92 Å². The summed E-state index contributed by atoms with van der Waals surface area (Å²) >= 11 is 0. The molecule has 19 heavy (non-hydrogen) atoms. The monoisotopic (exact) mass is 260 g/mol. The van der Waals surface area contributed by atoms with Crippen LogP contribution in [-0.2, 0) is 0 Å². The number of hydrogen-bond acceptors (Lipinski definition) is 7. The fraction of sp³-hybridized carbons (Fsp3) is 0.500. The van der Waals surface area contributed by atoms with E-state index in [2.05, 4.69) is 30.3 Å². The van der Waals surface area contributed by atoms with Crippen molar-refractivity contribution in [3.8, 4) is 0 Å². The first-order chi connectivity index (χ1) is 9.26. The maximum Gasteiger partial charge on any atom is 0.231 e. The number of hydrogen-bond donors (Lipinski definition) is 1. The highest BCUT2D eigenvalue weighted by molar-refractivity contribution is 5.49. The largest absolute Gasteiger partial charge is 0.373 e. The Kier molecular flexibility index (Phi) is 3.02. The average Bonchev–Trinajstić information content (AvgIpc) is 3.07. The number of rotatable bonds is 3. The van der Waals surface area contributed by atoms with Crippen LogP contribution < -0.4 is 10.2 Å². The van der Waals surface area contributed by atoms with Gasteiger partial charge in [0.05, 0.1) is 5.92 Å². The summed E-state index contributed by atoms with van der Waals surface area (Å²) in [5.74, 6) is 3.45. The van der Waals surface area contributed by atoms with Gasteiger partial charge < -0.3 is 14.7 Å². The summed E-state index contributed by atoms with van der Waals surface area (Å²) in [6, 6.07) is 1.95.